The third kappa shape index (κ3) is 8.28. The predicted molar refractivity (Wildman–Crippen MR) is 144 cm³/mol. The van der Waals surface area contributed by atoms with E-state index in [-0.39, 0.29) is 0 Å². The fraction of sp³-hybridized carbons (Fsp3) is 0.323. The average molecular weight is 519 g/mol. The van der Waals surface area contributed by atoms with Crippen LogP contribution in [0.1, 0.15) is 61.3 Å². The number of benzene rings is 3. The summed E-state index contributed by atoms with van der Waals surface area (Å²) >= 11 is 0. The SMILES string of the molecule is CCCOC(C)C(=O)Oc1ccc(-c2ccc(C(=O)Oc3ccc(C(=O)OCC(C)CC)cc3)cc2)cc1. The first kappa shape index (κ1) is 28.6. The summed E-state index contributed by atoms with van der Waals surface area (Å²) in [5.41, 5.74) is 2.57. The number of esters is 3. The molecule has 0 aromatic heterocycles. The zero-order valence-corrected chi connectivity index (χ0v) is 22.3. The summed E-state index contributed by atoms with van der Waals surface area (Å²) < 4.78 is 21.5. The molecule has 0 spiro atoms. The van der Waals surface area contributed by atoms with E-state index >= 15 is 0 Å². The zero-order chi connectivity index (χ0) is 27.5. The molecule has 7 nitrogen and oxygen atoms in total. The molecule has 0 N–H and O–H groups in total. The van der Waals surface area contributed by atoms with Crippen LogP contribution in [-0.2, 0) is 14.3 Å². The summed E-state index contributed by atoms with van der Waals surface area (Å²) in [6, 6.07) is 20.4. The smallest absolute Gasteiger partial charge is 0.343 e. The van der Waals surface area contributed by atoms with Crippen LogP contribution in [0.25, 0.3) is 11.1 Å². The molecule has 3 aromatic carbocycles. The third-order valence-electron chi connectivity index (χ3n) is 5.93. The number of ether oxygens (including phenoxy) is 4. The highest BCUT2D eigenvalue weighted by molar-refractivity contribution is 5.92. The van der Waals surface area contributed by atoms with Gasteiger partial charge in [-0.05, 0) is 78.9 Å². The largest absolute Gasteiger partial charge is 0.462 e. The van der Waals surface area contributed by atoms with Crippen molar-refractivity contribution in [3.05, 3.63) is 83.9 Å². The lowest BCUT2D eigenvalue weighted by molar-refractivity contribution is -0.146. The van der Waals surface area contributed by atoms with Crippen LogP contribution in [0.3, 0.4) is 0 Å². The molecule has 0 bridgehead atoms. The Morgan fingerprint density at radius 2 is 1.18 bits per heavy atom. The van der Waals surface area contributed by atoms with Crippen LogP contribution in [0.2, 0.25) is 0 Å². The Kier molecular flexibility index (Phi) is 10.6. The van der Waals surface area contributed by atoms with Gasteiger partial charge in [0.2, 0.25) is 0 Å². The molecule has 200 valence electrons. The molecule has 0 aliphatic heterocycles. The van der Waals surface area contributed by atoms with Crippen LogP contribution in [-0.4, -0.2) is 37.2 Å². The van der Waals surface area contributed by atoms with Crippen LogP contribution >= 0.6 is 0 Å². The van der Waals surface area contributed by atoms with Crippen molar-refractivity contribution in [2.75, 3.05) is 13.2 Å². The second-order valence-electron chi connectivity index (χ2n) is 9.06. The molecule has 2 unspecified atom stereocenters. The maximum Gasteiger partial charge on any atom is 0.343 e. The first-order valence-corrected chi connectivity index (χ1v) is 12.8. The van der Waals surface area contributed by atoms with Gasteiger partial charge >= 0.3 is 17.9 Å². The summed E-state index contributed by atoms with van der Waals surface area (Å²) in [5, 5.41) is 0. The van der Waals surface area contributed by atoms with E-state index in [4.69, 9.17) is 18.9 Å². The average Bonchev–Trinajstić information content (AvgIpc) is 2.95. The molecule has 2 atom stereocenters. The van der Waals surface area contributed by atoms with E-state index in [9.17, 15) is 14.4 Å². The summed E-state index contributed by atoms with van der Waals surface area (Å²) in [7, 11) is 0. The normalized spacial score (nSPS) is 12.3. The van der Waals surface area contributed by atoms with E-state index in [0.29, 0.717) is 41.8 Å². The summed E-state index contributed by atoms with van der Waals surface area (Å²) in [6.07, 6.45) is 1.13. The number of carbonyl (C=O) groups excluding carboxylic acids is 3. The van der Waals surface area contributed by atoms with Gasteiger partial charge in [0, 0.05) is 6.61 Å². The second kappa shape index (κ2) is 14.1. The van der Waals surface area contributed by atoms with Crippen LogP contribution in [0, 0.1) is 5.92 Å². The topological polar surface area (TPSA) is 88.1 Å². The molecular weight excluding hydrogens is 484 g/mol. The third-order valence-corrected chi connectivity index (χ3v) is 5.93. The molecule has 0 radical (unpaired) electrons. The van der Waals surface area contributed by atoms with Crippen LogP contribution in [0.15, 0.2) is 72.8 Å². The van der Waals surface area contributed by atoms with Gasteiger partial charge in [0.1, 0.15) is 11.5 Å². The van der Waals surface area contributed by atoms with Crippen molar-refractivity contribution in [3.63, 3.8) is 0 Å². The van der Waals surface area contributed by atoms with Gasteiger partial charge in [-0.15, -0.1) is 0 Å². The number of hydrogen-bond acceptors (Lipinski definition) is 7. The summed E-state index contributed by atoms with van der Waals surface area (Å²) in [5.74, 6) is -0.289. The van der Waals surface area contributed by atoms with Crippen molar-refractivity contribution in [2.45, 2.75) is 46.6 Å². The Labute approximate surface area is 223 Å². The van der Waals surface area contributed by atoms with Gasteiger partial charge in [-0.2, -0.15) is 0 Å². The van der Waals surface area contributed by atoms with Crippen molar-refractivity contribution in [1.29, 1.82) is 0 Å². The Hall–Kier alpha value is -3.97. The first-order chi connectivity index (χ1) is 18.3. The molecule has 0 saturated heterocycles. The minimum atomic E-state index is -0.629. The van der Waals surface area contributed by atoms with Crippen molar-refractivity contribution in [3.8, 4) is 22.6 Å². The van der Waals surface area contributed by atoms with Gasteiger partial charge in [0.25, 0.3) is 0 Å². The minimum absolute atomic E-state index is 0.300. The van der Waals surface area contributed by atoms with Gasteiger partial charge in [-0.3, -0.25) is 0 Å². The lowest BCUT2D eigenvalue weighted by Crippen LogP contribution is -2.26. The van der Waals surface area contributed by atoms with Crippen LogP contribution in [0.4, 0.5) is 0 Å². The monoisotopic (exact) mass is 518 g/mol. The molecule has 0 heterocycles. The van der Waals surface area contributed by atoms with Gasteiger partial charge in [0.15, 0.2) is 6.10 Å². The first-order valence-electron chi connectivity index (χ1n) is 12.8. The molecule has 0 aliphatic carbocycles. The molecule has 0 amide bonds. The van der Waals surface area contributed by atoms with Crippen molar-refractivity contribution in [1.82, 2.24) is 0 Å². The summed E-state index contributed by atoms with van der Waals surface area (Å²) in [4.78, 5) is 36.8. The molecular formula is C31H34O7. The Morgan fingerprint density at radius 3 is 1.76 bits per heavy atom. The highest BCUT2D eigenvalue weighted by atomic mass is 16.6. The molecule has 0 fully saturated rings. The number of hydrogen-bond donors (Lipinski definition) is 0. The Morgan fingerprint density at radius 1 is 0.684 bits per heavy atom. The second-order valence-corrected chi connectivity index (χ2v) is 9.06. The molecule has 3 rings (SSSR count). The predicted octanol–water partition coefficient (Wildman–Crippen LogP) is 6.50. The molecule has 7 heteroatoms. The Balaban J connectivity index is 1.55. The lowest BCUT2D eigenvalue weighted by Gasteiger charge is -2.12. The van der Waals surface area contributed by atoms with E-state index in [1.54, 1.807) is 55.5 Å². The summed E-state index contributed by atoms with van der Waals surface area (Å²) in [6.45, 7) is 8.57. The molecule has 3 aromatic rings. The van der Waals surface area contributed by atoms with Gasteiger partial charge in [-0.1, -0.05) is 51.5 Å². The lowest BCUT2D eigenvalue weighted by atomic mass is 10.0. The van der Waals surface area contributed by atoms with Crippen molar-refractivity contribution < 1.29 is 33.3 Å². The fourth-order valence-electron chi connectivity index (χ4n) is 3.32. The quantitative estimate of drug-likeness (QED) is 0.200. The van der Waals surface area contributed by atoms with Gasteiger partial charge in [0.05, 0.1) is 17.7 Å². The van der Waals surface area contributed by atoms with E-state index in [1.807, 2.05) is 45.0 Å². The minimum Gasteiger partial charge on any atom is -0.462 e. The van der Waals surface area contributed by atoms with Crippen molar-refractivity contribution >= 4 is 17.9 Å². The van der Waals surface area contributed by atoms with Gasteiger partial charge < -0.3 is 18.9 Å². The number of carbonyl (C=O) groups is 3. The number of rotatable bonds is 12. The Bertz CT molecular complexity index is 1200. The standard InChI is InChI=1S/C31H34O7/c1-5-19-35-22(4)29(32)37-27-15-11-24(12-16-27)23-7-9-26(10-8-23)31(34)38-28-17-13-25(14-18-28)30(33)36-20-21(3)6-2/h7-18,21-22H,5-6,19-20H2,1-4H3. The highest BCUT2D eigenvalue weighted by Gasteiger charge is 2.16. The zero-order valence-electron chi connectivity index (χ0n) is 22.3. The van der Waals surface area contributed by atoms with E-state index < -0.39 is 24.0 Å². The van der Waals surface area contributed by atoms with Crippen LogP contribution in [0.5, 0.6) is 11.5 Å². The molecule has 0 saturated carbocycles. The maximum absolute atomic E-state index is 12.6. The van der Waals surface area contributed by atoms with Crippen LogP contribution < -0.4 is 9.47 Å². The van der Waals surface area contributed by atoms with Crippen molar-refractivity contribution in [2.24, 2.45) is 5.92 Å². The van der Waals surface area contributed by atoms with E-state index in [0.717, 1.165) is 24.0 Å². The van der Waals surface area contributed by atoms with E-state index in [1.165, 1.54) is 0 Å². The maximum atomic E-state index is 12.6. The van der Waals surface area contributed by atoms with E-state index in [2.05, 4.69) is 0 Å². The molecule has 0 aliphatic rings. The molecule has 38 heavy (non-hydrogen) atoms. The fourth-order valence-corrected chi connectivity index (χ4v) is 3.32. The highest BCUT2D eigenvalue weighted by Crippen LogP contribution is 2.24. The van der Waals surface area contributed by atoms with Gasteiger partial charge in [-0.25, -0.2) is 14.4 Å².